The molecule has 100 valence electrons. The van der Waals surface area contributed by atoms with Gasteiger partial charge in [-0.15, -0.1) is 0 Å². The number of benzene rings is 2. The Kier molecular flexibility index (Phi) is 5.00. The van der Waals surface area contributed by atoms with Crippen LogP contribution >= 0.6 is 11.6 Å². The summed E-state index contributed by atoms with van der Waals surface area (Å²) in [6.45, 7) is 2.31. The van der Waals surface area contributed by atoms with Gasteiger partial charge in [0.25, 0.3) is 0 Å². The molecule has 2 aromatic rings. The number of aliphatic hydroxyl groups is 1. The maximum Gasteiger partial charge on any atom is 0.0465 e. The van der Waals surface area contributed by atoms with Crippen molar-refractivity contribution in [1.29, 1.82) is 0 Å². The van der Waals surface area contributed by atoms with Gasteiger partial charge in [-0.1, -0.05) is 48.0 Å². The van der Waals surface area contributed by atoms with E-state index >= 15 is 0 Å². The Labute approximate surface area is 119 Å². The van der Waals surface area contributed by atoms with Gasteiger partial charge in [0, 0.05) is 11.6 Å². The molecule has 0 radical (unpaired) electrons. The molecule has 0 heterocycles. The maximum atomic E-state index is 9.58. The highest BCUT2D eigenvalue weighted by molar-refractivity contribution is 6.30. The largest absolute Gasteiger partial charge is 0.396 e. The zero-order valence-electron chi connectivity index (χ0n) is 11.1. The molecule has 1 atom stereocenters. The highest BCUT2D eigenvalue weighted by Crippen LogP contribution is 2.19. The number of aliphatic hydroxyl groups excluding tert-OH is 1. The summed E-state index contributed by atoms with van der Waals surface area (Å²) in [5.41, 5.74) is 3.77. The highest BCUT2D eigenvalue weighted by atomic mass is 35.5. The fraction of sp³-hybridized carbons (Fsp3) is 0.294. The van der Waals surface area contributed by atoms with Crippen LogP contribution in [0.3, 0.4) is 0 Å². The average Bonchev–Trinajstić information content (AvgIpc) is 2.40. The molecule has 0 spiro atoms. The first-order valence-corrected chi connectivity index (χ1v) is 6.96. The van der Waals surface area contributed by atoms with E-state index in [0.717, 1.165) is 17.9 Å². The lowest BCUT2D eigenvalue weighted by atomic mass is 9.91. The minimum absolute atomic E-state index is 0.195. The van der Waals surface area contributed by atoms with Gasteiger partial charge in [0.2, 0.25) is 0 Å². The van der Waals surface area contributed by atoms with Crippen molar-refractivity contribution < 1.29 is 5.11 Å². The second-order valence-electron chi connectivity index (χ2n) is 5.01. The second kappa shape index (κ2) is 6.74. The lowest BCUT2D eigenvalue weighted by Gasteiger charge is -2.16. The highest BCUT2D eigenvalue weighted by Gasteiger charge is 2.11. The Bertz CT molecular complexity index is 536. The van der Waals surface area contributed by atoms with E-state index < -0.39 is 0 Å². The molecule has 2 heteroatoms. The molecule has 0 aromatic heterocycles. The van der Waals surface area contributed by atoms with Crippen LogP contribution < -0.4 is 0 Å². The molecule has 2 rings (SSSR count). The molecule has 0 aliphatic heterocycles. The van der Waals surface area contributed by atoms with Crippen LogP contribution in [0.1, 0.15) is 16.7 Å². The summed E-state index contributed by atoms with van der Waals surface area (Å²) in [4.78, 5) is 0. The average molecular weight is 275 g/mol. The van der Waals surface area contributed by atoms with Gasteiger partial charge in [-0.3, -0.25) is 0 Å². The Balaban J connectivity index is 2.07. The summed E-state index contributed by atoms with van der Waals surface area (Å²) < 4.78 is 0. The van der Waals surface area contributed by atoms with Gasteiger partial charge in [-0.2, -0.15) is 0 Å². The Morgan fingerprint density at radius 3 is 2.53 bits per heavy atom. The topological polar surface area (TPSA) is 20.2 Å². The lowest BCUT2D eigenvalue weighted by Crippen LogP contribution is -2.13. The van der Waals surface area contributed by atoms with Crippen LogP contribution in [0.15, 0.2) is 48.5 Å². The molecule has 2 aromatic carbocycles. The van der Waals surface area contributed by atoms with E-state index in [0.29, 0.717) is 0 Å². The zero-order valence-corrected chi connectivity index (χ0v) is 11.9. The molecular formula is C17H19ClO. The number of aryl methyl sites for hydroxylation is 1. The van der Waals surface area contributed by atoms with Crippen LogP contribution in [0.4, 0.5) is 0 Å². The fourth-order valence-corrected chi connectivity index (χ4v) is 2.56. The normalized spacial score (nSPS) is 12.4. The predicted octanol–water partition coefficient (Wildman–Crippen LogP) is 4.04. The van der Waals surface area contributed by atoms with Gasteiger partial charge in [0.05, 0.1) is 0 Å². The van der Waals surface area contributed by atoms with Gasteiger partial charge in [-0.05, 0) is 54.5 Å². The van der Waals surface area contributed by atoms with Crippen LogP contribution in [0.5, 0.6) is 0 Å². The van der Waals surface area contributed by atoms with E-state index in [4.69, 9.17) is 11.6 Å². The van der Waals surface area contributed by atoms with Crippen molar-refractivity contribution in [3.05, 3.63) is 70.2 Å². The van der Waals surface area contributed by atoms with Crippen molar-refractivity contribution in [3.8, 4) is 0 Å². The van der Waals surface area contributed by atoms with Gasteiger partial charge in [0.15, 0.2) is 0 Å². The van der Waals surface area contributed by atoms with E-state index in [1.807, 2.05) is 24.3 Å². The van der Waals surface area contributed by atoms with E-state index in [1.54, 1.807) is 0 Å². The SMILES string of the molecule is Cc1ccccc1CC(CO)Cc1cccc(Cl)c1. The molecule has 19 heavy (non-hydrogen) atoms. The summed E-state index contributed by atoms with van der Waals surface area (Å²) in [5.74, 6) is 0.236. The third-order valence-corrected chi connectivity index (χ3v) is 3.68. The maximum absolute atomic E-state index is 9.58. The van der Waals surface area contributed by atoms with Crippen molar-refractivity contribution in [1.82, 2.24) is 0 Å². The van der Waals surface area contributed by atoms with Crippen LogP contribution in [0.25, 0.3) is 0 Å². The summed E-state index contributed by atoms with van der Waals surface area (Å²) in [5, 5.41) is 10.3. The third kappa shape index (κ3) is 4.09. The minimum Gasteiger partial charge on any atom is -0.396 e. The number of hydrogen-bond donors (Lipinski definition) is 1. The molecule has 1 nitrogen and oxygen atoms in total. The van der Waals surface area contributed by atoms with Crippen LogP contribution in [0.2, 0.25) is 5.02 Å². The molecule has 0 fully saturated rings. The first kappa shape index (κ1) is 14.1. The molecular weight excluding hydrogens is 256 g/mol. The van der Waals surface area contributed by atoms with Crippen LogP contribution in [-0.4, -0.2) is 11.7 Å². The number of rotatable bonds is 5. The molecule has 0 bridgehead atoms. The fourth-order valence-electron chi connectivity index (χ4n) is 2.35. The Morgan fingerprint density at radius 2 is 1.84 bits per heavy atom. The number of halogens is 1. The molecule has 0 aliphatic carbocycles. The monoisotopic (exact) mass is 274 g/mol. The standard InChI is InChI=1S/C17H19ClO/c1-13-5-2-3-7-16(13)10-15(12-19)9-14-6-4-8-17(18)11-14/h2-8,11,15,19H,9-10,12H2,1H3. The second-order valence-corrected chi connectivity index (χ2v) is 5.45. The van der Waals surface area contributed by atoms with Crippen molar-refractivity contribution in [2.75, 3.05) is 6.61 Å². The van der Waals surface area contributed by atoms with E-state index in [1.165, 1.54) is 16.7 Å². The Hall–Kier alpha value is -1.31. The van der Waals surface area contributed by atoms with Gasteiger partial charge < -0.3 is 5.11 Å². The van der Waals surface area contributed by atoms with E-state index in [2.05, 4.69) is 31.2 Å². The molecule has 1 N–H and O–H groups in total. The molecule has 0 amide bonds. The predicted molar refractivity (Wildman–Crippen MR) is 80.6 cm³/mol. The summed E-state index contributed by atoms with van der Waals surface area (Å²) >= 11 is 5.99. The number of hydrogen-bond acceptors (Lipinski definition) is 1. The molecule has 1 unspecified atom stereocenters. The van der Waals surface area contributed by atoms with Crippen molar-refractivity contribution in [3.63, 3.8) is 0 Å². The van der Waals surface area contributed by atoms with Gasteiger partial charge >= 0.3 is 0 Å². The summed E-state index contributed by atoms with van der Waals surface area (Å²) in [6, 6.07) is 16.2. The van der Waals surface area contributed by atoms with Crippen molar-refractivity contribution in [2.24, 2.45) is 5.92 Å². The quantitative estimate of drug-likeness (QED) is 0.872. The van der Waals surface area contributed by atoms with Gasteiger partial charge in [0.1, 0.15) is 0 Å². The smallest absolute Gasteiger partial charge is 0.0465 e. The molecule has 0 aliphatic rings. The summed E-state index contributed by atoms with van der Waals surface area (Å²) in [6.07, 6.45) is 1.75. The van der Waals surface area contributed by atoms with Crippen molar-refractivity contribution >= 4 is 11.6 Å². The van der Waals surface area contributed by atoms with Crippen LogP contribution in [0, 0.1) is 12.8 Å². The lowest BCUT2D eigenvalue weighted by molar-refractivity contribution is 0.225. The zero-order chi connectivity index (χ0) is 13.7. The first-order chi connectivity index (χ1) is 9.19. The van der Waals surface area contributed by atoms with Crippen molar-refractivity contribution in [2.45, 2.75) is 19.8 Å². The van der Waals surface area contributed by atoms with E-state index in [-0.39, 0.29) is 12.5 Å². The summed E-state index contributed by atoms with van der Waals surface area (Å²) in [7, 11) is 0. The first-order valence-electron chi connectivity index (χ1n) is 6.59. The van der Waals surface area contributed by atoms with E-state index in [9.17, 15) is 5.11 Å². The molecule has 0 saturated carbocycles. The minimum atomic E-state index is 0.195. The molecule has 0 saturated heterocycles. The Morgan fingerprint density at radius 1 is 1.05 bits per heavy atom. The van der Waals surface area contributed by atoms with Crippen LogP contribution in [-0.2, 0) is 12.8 Å². The third-order valence-electron chi connectivity index (χ3n) is 3.44. The van der Waals surface area contributed by atoms with Gasteiger partial charge in [-0.25, -0.2) is 0 Å².